The van der Waals surface area contributed by atoms with Crippen molar-refractivity contribution in [1.82, 2.24) is 0 Å². The lowest BCUT2D eigenvalue weighted by atomic mass is 10.1. The van der Waals surface area contributed by atoms with Gasteiger partial charge in [0.05, 0.1) is 0 Å². The molecular weight excluding hydrogens is 584 g/mol. The van der Waals surface area contributed by atoms with E-state index in [2.05, 4.69) is 4.74 Å². The van der Waals surface area contributed by atoms with Crippen LogP contribution < -0.4 is 4.74 Å². The highest BCUT2D eigenvalue weighted by Gasteiger charge is 2.24. The molecule has 11 heteroatoms. The highest BCUT2D eigenvalue weighted by Crippen LogP contribution is 2.16. The SMILES string of the molecule is C.CC(C)(C)OC(=O)OC(=O)OC(C)(C)C.CC(C)(C)OC(=O)Oc1ccc(CCCO)cc1.OCCCc1ccc(O)cc1. The average molecular weight is 639 g/mol. The molecule has 0 aliphatic heterocycles. The number of hydrogen-bond acceptors (Lipinski definition) is 11. The van der Waals surface area contributed by atoms with Crippen LogP contribution in [0.5, 0.6) is 11.5 Å². The minimum Gasteiger partial charge on any atom is -0.508 e. The van der Waals surface area contributed by atoms with Gasteiger partial charge < -0.3 is 39.0 Å². The lowest BCUT2D eigenvalue weighted by molar-refractivity contribution is -0.0294. The topological polar surface area (TPSA) is 158 Å². The van der Waals surface area contributed by atoms with Gasteiger partial charge in [0.15, 0.2) is 0 Å². The first kappa shape index (κ1) is 43.3. The van der Waals surface area contributed by atoms with Crippen molar-refractivity contribution < 1.29 is 53.4 Å². The third-order valence-electron chi connectivity index (χ3n) is 4.64. The predicted octanol–water partition coefficient (Wildman–Crippen LogP) is 7.75. The maximum atomic E-state index is 11.4. The largest absolute Gasteiger partial charge is 0.519 e. The summed E-state index contributed by atoms with van der Waals surface area (Å²) in [5.74, 6) is 0.745. The van der Waals surface area contributed by atoms with Gasteiger partial charge in [-0.3, -0.25) is 0 Å². The maximum Gasteiger partial charge on any atom is 0.519 e. The fourth-order valence-electron chi connectivity index (χ4n) is 2.93. The van der Waals surface area contributed by atoms with Gasteiger partial charge in [-0.1, -0.05) is 31.7 Å². The van der Waals surface area contributed by atoms with Crippen LogP contribution in [0.1, 0.15) is 93.7 Å². The van der Waals surface area contributed by atoms with Crippen molar-refractivity contribution in [3.05, 3.63) is 59.7 Å². The Morgan fingerprint density at radius 2 is 0.911 bits per heavy atom. The average Bonchev–Trinajstić information content (AvgIpc) is 2.85. The summed E-state index contributed by atoms with van der Waals surface area (Å²) in [7, 11) is 0. The van der Waals surface area contributed by atoms with E-state index < -0.39 is 35.3 Å². The maximum absolute atomic E-state index is 11.4. The van der Waals surface area contributed by atoms with Crippen molar-refractivity contribution in [2.45, 2.75) is 112 Å². The lowest BCUT2D eigenvalue weighted by Gasteiger charge is -2.20. The van der Waals surface area contributed by atoms with E-state index in [0.717, 1.165) is 36.8 Å². The molecule has 0 heterocycles. The predicted molar refractivity (Wildman–Crippen MR) is 173 cm³/mol. The zero-order chi connectivity index (χ0) is 34.0. The Kier molecular flexibility index (Phi) is 20.2. The number of aryl methyl sites for hydroxylation is 2. The van der Waals surface area contributed by atoms with Crippen LogP contribution in [0.2, 0.25) is 0 Å². The van der Waals surface area contributed by atoms with Crippen molar-refractivity contribution >= 4 is 18.5 Å². The van der Waals surface area contributed by atoms with E-state index in [1.165, 1.54) is 0 Å². The van der Waals surface area contributed by atoms with Gasteiger partial charge >= 0.3 is 18.5 Å². The van der Waals surface area contributed by atoms with E-state index in [1.54, 1.807) is 86.6 Å². The molecule has 0 radical (unpaired) electrons. The normalized spacial score (nSPS) is 10.8. The Balaban J connectivity index is 0. The summed E-state index contributed by atoms with van der Waals surface area (Å²) in [6.07, 6.45) is 0.371. The quantitative estimate of drug-likeness (QED) is 0.118. The Morgan fingerprint density at radius 1 is 0.578 bits per heavy atom. The number of aliphatic hydroxyl groups excluding tert-OH is 2. The zero-order valence-corrected chi connectivity index (χ0v) is 27.5. The number of rotatable bonds is 7. The molecule has 2 aromatic carbocycles. The van der Waals surface area contributed by atoms with E-state index in [4.69, 9.17) is 34.3 Å². The molecular formula is C34H54O11. The highest BCUT2D eigenvalue weighted by atomic mass is 16.8. The first-order valence-corrected chi connectivity index (χ1v) is 14.4. The van der Waals surface area contributed by atoms with Gasteiger partial charge in [0, 0.05) is 13.2 Å². The molecule has 0 aromatic heterocycles. The van der Waals surface area contributed by atoms with E-state index in [1.807, 2.05) is 24.3 Å². The summed E-state index contributed by atoms with van der Waals surface area (Å²) in [5, 5.41) is 26.2. The molecule has 0 fully saturated rings. The minimum atomic E-state index is -1.06. The van der Waals surface area contributed by atoms with E-state index in [0.29, 0.717) is 5.75 Å². The molecule has 0 aliphatic rings. The zero-order valence-electron chi connectivity index (χ0n) is 27.5. The second-order valence-electron chi connectivity index (χ2n) is 12.6. The fraction of sp³-hybridized carbons (Fsp3) is 0.559. The van der Waals surface area contributed by atoms with Gasteiger partial charge in [0.2, 0.25) is 0 Å². The van der Waals surface area contributed by atoms with Crippen molar-refractivity contribution in [3.63, 3.8) is 0 Å². The van der Waals surface area contributed by atoms with E-state index >= 15 is 0 Å². The summed E-state index contributed by atoms with van der Waals surface area (Å²) in [5.41, 5.74) is 0.300. The minimum absolute atomic E-state index is 0. The first-order valence-electron chi connectivity index (χ1n) is 14.4. The van der Waals surface area contributed by atoms with Gasteiger partial charge in [0.25, 0.3) is 0 Å². The first-order chi connectivity index (χ1) is 20.2. The second-order valence-corrected chi connectivity index (χ2v) is 12.6. The van der Waals surface area contributed by atoms with Crippen LogP contribution in [0, 0.1) is 0 Å². The van der Waals surface area contributed by atoms with E-state index in [9.17, 15) is 14.4 Å². The smallest absolute Gasteiger partial charge is 0.508 e. The number of hydrogen-bond donors (Lipinski definition) is 3. The van der Waals surface area contributed by atoms with Crippen LogP contribution in [0.15, 0.2) is 48.5 Å². The summed E-state index contributed by atoms with van der Waals surface area (Å²) < 4.78 is 23.9. The number of benzene rings is 2. The standard InChI is InChI=1S/C14H20O4.C10H18O5.C9H12O2.CH4/c1-14(2,3)18-13(16)17-12-8-6-11(7-9-12)5-4-10-15;1-9(2,3)14-7(11)13-8(12)15-10(4,5)6;10-7-1-2-8-3-5-9(11)6-4-8;/h6-9,15H,4-5,10H2,1-3H3;1-6H3;3-6,10-11H,1-2,7H2;1H4. The van der Waals surface area contributed by atoms with Gasteiger partial charge in [-0.25, -0.2) is 14.4 Å². The van der Waals surface area contributed by atoms with Gasteiger partial charge in [-0.05, 0) is 123 Å². The molecule has 2 rings (SSSR count). The molecule has 11 nitrogen and oxygen atoms in total. The van der Waals surface area contributed by atoms with Crippen LogP contribution in [-0.4, -0.2) is 63.8 Å². The number of aliphatic hydroxyl groups is 2. The molecule has 0 spiro atoms. The van der Waals surface area contributed by atoms with Crippen LogP contribution in [0.3, 0.4) is 0 Å². The number of ether oxygens (including phenoxy) is 5. The highest BCUT2D eigenvalue weighted by molar-refractivity contribution is 5.77. The number of phenols is 1. The third-order valence-corrected chi connectivity index (χ3v) is 4.64. The molecule has 3 N–H and O–H groups in total. The monoisotopic (exact) mass is 638 g/mol. The second kappa shape index (κ2) is 21.0. The van der Waals surface area contributed by atoms with Crippen LogP contribution in [0.4, 0.5) is 14.4 Å². The molecule has 0 atom stereocenters. The lowest BCUT2D eigenvalue weighted by Crippen LogP contribution is -2.29. The van der Waals surface area contributed by atoms with Gasteiger partial charge in [-0.15, -0.1) is 0 Å². The van der Waals surface area contributed by atoms with Gasteiger partial charge in [-0.2, -0.15) is 0 Å². The summed E-state index contributed by atoms with van der Waals surface area (Å²) in [4.78, 5) is 33.4. The Hall–Kier alpha value is -3.83. The molecule has 45 heavy (non-hydrogen) atoms. The summed E-state index contributed by atoms with van der Waals surface area (Å²) in [6.45, 7) is 15.8. The Bertz CT molecular complexity index is 1080. The van der Waals surface area contributed by atoms with E-state index in [-0.39, 0.29) is 26.4 Å². The van der Waals surface area contributed by atoms with Crippen LogP contribution >= 0.6 is 0 Å². The summed E-state index contributed by atoms with van der Waals surface area (Å²) in [6, 6.07) is 14.2. The van der Waals surface area contributed by atoms with Crippen LogP contribution in [-0.2, 0) is 31.8 Å². The molecule has 0 saturated carbocycles. The molecule has 0 amide bonds. The Morgan fingerprint density at radius 3 is 1.24 bits per heavy atom. The fourth-order valence-corrected chi connectivity index (χ4v) is 2.93. The number of carbonyl (C=O) groups is 3. The van der Waals surface area contributed by atoms with Crippen molar-refractivity contribution in [3.8, 4) is 11.5 Å². The number of carbonyl (C=O) groups excluding carboxylic acids is 3. The molecule has 2 aromatic rings. The van der Waals surface area contributed by atoms with Crippen molar-refractivity contribution in [2.24, 2.45) is 0 Å². The van der Waals surface area contributed by atoms with Gasteiger partial charge in [0.1, 0.15) is 28.3 Å². The van der Waals surface area contributed by atoms with Crippen molar-refractivity contribution in [2.75, 3.05) is 13.2 Å². The molecule has 0 aliphatic carbocycles. The van der Waals surface area contributed by atoms with Crippen molar-refractivity contribution in [1.29, 1.82) is 0 Å². The number of phenolic OH excluding ortho intramolecular Hbond substituents is 1. The molecule has 0 unspecified atom stereocenters. The molecule has 0 bridgehead atoms. The van der Waals surface area contributed by atoms with Crippen LogP contribution in [0.25, 0.3) is 0 Å². The molecule has 256 valence electrons. The summed E-state index contributed by atoms with van der Waals surface area (Å²) >= 11 is 0. The third kappa shape index (κ3) is 26.3. The number of aromatic hydroxyl groups is 1. The molecule has 0 saturated heterocycles. The Labute approximate surface area is 268 Å².